The van der Waals surface area contributed by atoms with Gasteiger partial charge in [-0.2, -0.15) is 13.2 Å². The number of halogens is 3. The molecule has 2 aromatic carbocycles. The van der Waals surface area contributed by atoms with Crippen LogP contribution in [0.25, 0.3) is 0 Å². The van der Waals surface area contributed by atoms with E-state index < -0.39 is 11.7 Å². The number of benzene rings is 2. The number of carbonyl (C=O) groups is 1. The molecule has 0 atom stereocenters. The number of nitrogen functional groups attached to an aromatic ring is 1. The summed E-state index contributed by atoms with van der Waals surface area (Å²) in [6, 6.07) is 10.0. The summed E-state index contributed by atoms with van der Waals surface area (Å²) in [5.74, 6) is 6.13. The van der Waals surface area contributed by atoms with Gasteiger partial charge in [-0.15, -0.1) is 0 Å². The van der Waals surface area contributed by atoms with Gasteiger partial charge >= 0.3 is 6.18 Å². The average molecular weight is 387 g/mol. The molecule has 0 spiro atoms. The molecular weight excluding hydrogens is 367 g/mol. The molecule has 0 bridgehead atoms. The number of hydrogen-bond donors (Lipinski definition) is 3. The Morgan fingerprint density at radius 2 is 1.86 bits per heavy atom. The summed E-state index contributed by atoms with van der Waals surface area (Å²) < 4.78 is 37.7. The van der Waals surface area contributed by atoms with Gasteiger partial charge in [-0.25, -0.2) is 0 Å². The molecule has 2 aromatic rings. The molecule has 1 aliphatic carbocycles. The van der Waals surface area contributed by atoms with Crippen LogP contribution in [-0.2, 0) is 17.5 Å². The van der Waals surface area contributed by atoms with E-state index in [4.69, 9.17) is 5.73 Å². The van der Waals surface area contributed by atoms with Gasteiger partial charge < -0.3 is 16.4 Å². The van der Waals surface area contributed by atoms with Gasteiger partial charge in [-0.05, 0) is 48.7 Å². The number of carbonyl (C=O) groups excluding carboxylic acids is 1. The molecule has 0 unspecified atom stereocenters. The molecule has 1 aliphatic rings. The smallest absolute Gasteiger partial charge is 0.397 e. The monoisotopic (exact) mass is 387 g/mol. The highest BCUT2D eigenvalue weighted by molar-refractivity contribution is 5.95. The highest BCUT2D eigenvalue weighted by Gasteiger charge is 2.29. The zero-order valence-corrected chi connectivity index (χ0v) is 15.1. The first kappa shape index (κ1) is 19.6. The third-order valence-corrected chi connectivity index (χ3v) is 4.24. The van der Waals surface area contributed by atoms with Crippen LogP contribution in [-0.4, -0.2) is 5.91 Å². The van der Waals surface area contributed by atoms with Crippen molar-refractivity contribution in [3.63, 3.8) is 0 Å². The number of alkyl halides is 3. The third-order valence-electron chi connectivity index (χ3n) is 4.24. The molecule has 4 nitrogen and oxygen atoms in total. The number of nitrogens with one attached hydrogen (secondary N) is 2. The summed E-state index contributed by atoms with van der Waals surface area (Å²) in [6.45, 7) is 0.347. The van der Waals surface area contributed by atoms with Crippen LogP contribution >= 0.6 is 0 Å². The fourth-order valence-electron chi connectivity index (χ4n) is 2.50. The second-order valence-corrected chi connectivity index (χ2v) is 6.67. The van der Waals surface area contributed by atoms with Crippen LogP contribution in [0.4, 0.5) is 30.2 Å². The quantitative estimate of drug-likeness (QED) is 0.517. The van der Waals surface area contributed by atoms with Gasteiger partial charge in [-0.1, -0.05) is 24.0 Å². The van der Waals surface area contributed by atoms with Crippen molar-refractivity contribution < 1.29 is 18.0 Å². The summed E-state index contributed by atoms with van der Waals surface area (Å²) in [4.78, 5) is 11.9. The first-order chi connectivity index (χ1) is 13.3. The standard InChI is InChI=1S/C21H20F3N3O/c22-21(23,24)16-8-6-15(7-9-16)13-26-17-10-11-19(18(25)12-17)27-20(28)3-1-2-14-4-5-14/h6-12,14,26H,3-5,13,25H2,(H,27,28). The maximum absolute atomic E-state index is 12.6. The Bertz CT molecular complexity index is 907. The summed E-state index contributed by atoms with van der Waals surface area (Å²) in [7, 11) is 0. The fourth-order valence-corrected chi connectivity index (χ4v) is 2.50. The normalized spacial score (nSPS) is 13.4. The zero-order chi connectivity index (χ0) is 20.1. The average Bonchev–Trinajstić information content (AvgIpc) is 3.46. The molecule has 1 amide bonds. The molecule has 1 saturated carbocycles. The van der Waals surface area contributed by atoms with E-state index in [2.05, 4.69) is 22.5 Å². The van der Waals surface area contributed by atoms with Crippen molar-refractivity contribution in [3.8, 4) is 11.8 Å². The van der Waals surface area contributed by atoms with Crippen molar-refractivity contribution in [2.24, 2.45) is 5.92 Å². The molecule has 28 heavy (non-hydrogen) atoms. The van der Waals surface area contributed by atoms with Gasteiger partial charge in [-0.3, -0.25) is 4.79 Å². The van der Waals surface area contributed by atoms with E-state index in [1.165, 1.54) is 12.1 Å². The number of amides is 1. The topological polar surface area (TPSA) is 67.2 Å². The summed E-state index contributed by atoms with van der Waals surface area (Å²) >= 11 is 0. The minimum absolute atomic E-state index is 0.129. The fraction of sp³-hybridized carbons (Fsp3) is 0.286. The minimum atomic E-state index is -4.34. The highest BCUT2D eigenvalue weighted by atomic mass is 19.4. The third kappa shape index (κ3) is 5.68. The molecule has 3 rings (SSSR count). The van der Waals surface area contributed by atoms with Gasteiger partial charge in [0, 0.05) is 18.2 Å². The maximum atomic E-state index is 12.6. The van der Waals surface area contributed by atoms with Crippen molar-refractivity contribution in [2.45, 2.75) is 32.0 Å². The Labute approximate surface area is 161 Å². The van der Waals surface area contributed by atoms with E-state index in [1.54, 1.807) is 18.2 Å². The van der Waals surface area contributed by atoms with Crippen LogP contribution in [0.3, 0.4) is 0 Å². The first-order valence-corrected chi connectivity index (χ1v) is 8.89. The van der Waals surface area contributed by atoms with Crippen molar-refractivity contribution in [1.29, 1.82) is 0 Å². The highest BCUT2D eigenvalue weighted by Crippen LogP contribution is 2.29. The van der Waals surface area contributed by atoms with Crippen LogP contribution in [0, 0.1) is 17.8 Å². The molecule has 0 aromatic heterocycles. The SMILES string of the molecule is Nc1cc(NCc2ccc(C(F)(F)F)cc2)ccc1NC(=O)CC#CC1CC1. The van der Waals surface area contributed by atoms with Crippen molar-refractivity contribution in [2.75, 3.05) is 16.4 Å². The van der Waals surface area contributed by atoms with Crippen molar-refractivity contribution in [3.05, 3.63) is 53.6 Å². The molecule has 1 fully saturated rings. The van der Waals surface area contributed by atoms with Crippen LogP contribution < -0.4 is 16.4 Å². The van der Waals surface area contributed by atoms with E-state index in [9.17, 15) is 18.0 Å². The van der Waals surface area contributed by atoms with Gasteiger partial charge in [0.05, 0.1) is 23.4 Å². The summed E-state index contributed by atoms with van der Waals surface area (Å²) in [6.07, 6.45) is -1.99. The number of rotatable bonds is 5. The Balaban J connectivity index is 1.53. The molecule has 0 aliphatic heterocycles. The second kappa shape index (κ2) is 8.26. The Morgan fingerprint density at radius 1 is 1.14 bits per heavy atom. The molecule has 0 radical (unpaired) electrons. The number of anilines is 3. The predicted octanol–water partition coefficient (Wildman–Crippen LogP) is 4.64. The van der Waals surface area contributed by atoms with Gasteiger partial charge in [0.1, 0.15) is 0 Å². The molecule has 4 N–H and O–H groups in total. The molecule has 7 heteroatoms. The Kier molecular flexibility index (Phi) is 5.78. The predicted molar refractivity (Wildman–Crippen MR) is 103 cm³/mol. The van der Waals surface area contributed by atoms with Crippen molar-refractivity contribution >= 4 is 23.0 Å². The maximum Gasteiger partial charge on any atom is 0.416 e. The largest absolute Gasteiger partial charge is 0.416 e. The summed E-state index contributed by atoms with van der Waals surface area (Å²) in [5, 5.41) is 5.82. The van der Waals surface area contributed by atoms with E-state index in [0.29, 0.717) is 35.1 Å². The van der Waals surface area contributed by atoms with E-state index in [-0.39, 0.29) is 12.3 Å². The zero-order valence-electron chi connectivity index (χ0n) is 15.1. The van der Waals surface area contributed by atoms with Crippen molar-refractivity contribution in [1.82, 2.24) is 0 Å². The second-order valence-electron chi connectivity index (χ2n) is 6.67. The van der Waals surface area contributed by atoms with E-state index in [1.807, 2.05) is 0 Å². The van der Waals surface area contributed by atoms with Crippen LogP contribution in [0.1, 0.15) is 30.4 Å². The molecule has 0 heterocycles. The lowest BCUT2D eigenvalue weighted by molar-refractivity contribution is -0.137. The lowest BCUT2D eigenvalue weighted by Gasteiger charge is -2.12. The van der Waals surface area contributed by atoms with Gasteiger partial charge in [0.2, 0.25) is 5.91 Å². The Hall–Kier alpha value is -3.14. The lowest BCUT2D eigenvalue weighted by Crippen LogP contribution is -2.12. The minimum Gasteiger partial charge on any atom is -0.397 e. The molecular formula is C21H20F3N3O. The summed E-state index contributed by atoms with van der Waals surface area (Å²) in [5.41, 5.74) is 7.59. The lowest BCUT2D eigenvalue weighted by atomic mass is 10.1. The van der Waals surface area contributed by atoms with E-state index in [0.717, 1.165) is 25.0 Å². The number of hydrogen-bond acceptors (Lipinski definition) is 3. The van der Waals surface area contributed by atoms with Crippen LogP contribution in [0.15, 0.2) is 42.5 Å². The molecule has 0 saturated heterocycles. The Morgan fingerprint density at radius 3 is 2.46 bits per heavy atom. The van der Waals surface area contributed by atoms with Gasteiger partial charge in [0.25, 0.3) is 0 Å². The number of nitrogens with two attached hydrogens (primary N) is 1. The van der Waals surface area contributed by atoms with E-state index >= 15 is 0 Å². The van der Waals surface area contributed by atoms with Crippen LogP contribution in [0.5, 0.6) is 0 Å². The molecule has 146 valence electrons. The first-order valence-electron chi connectivity index (χ1n) is 8.89. The van der Waals surface area contributed by atoms with Crippen LogP contribution in [0.2, 0.25) is 0 Å². The van der Waals surface area contributed by atoms with Gasteiger partial charge in [0.15, 0.2) is 0 Å².